The van der Waals surface area contributed by atoms with Gasteiger partial charge in [0.1, 0.15) is 5.54 Å². The number of halogens is 1. The van der Waals surface area contributed by atoms with Crippen molar-refractivity contribution in [1.29, 1.82) is 0 Å². The van der Waals surface area contributed by atoms with E-state index in [0.29, 0.717) is 0 Å². The SMILES string of the molecule is CCC(C)(NC(=O)CC(NC(C)=O)c1ccc(Br)cc1)C(=O)O. The molecule has 2 amide bonds. The minimum absolute atomic E-state index is 0.0376. The van der Waals surface area contributed by atoms with E-state index < -0.39 is 23.5 Å². The number of carbonyl (C=O) groups excluding carboxylic acids is 2. The third-order valence-electron chi connectivity index (χ3n) is 3.63. The lowest BCUT2D eigenvalue weighted by Crippen LogP contribution is -2.52. The monoisotopic (exact) mass is 384 g/mol. The number of nitrogens with one attached hydrogen (secondary N) is 2. The lowest BCUT2D eigenvalue weighted by molar-refractivity contribution is -0.147. The summed E-state index contributed by atoms with van der Waals surface area (Å²) in [7, 11) is 0. The fourth-order valence-electron chi connectivity index (χ4n) is 2.03. The Bertz CT molecular complexity index is 588. The van der Waals surface area contributed by atoms with Crippen molar-refractivity contribution >= 4 is 33.7 Å². The van der Waals surface area contributed by atoms with Crippen molar-refractivity contribution in [2.24, 2.45) is 0 Å². The van der Waals surface area contributed by atoms with Crippen molar-refractivity contribution in [2.45, 2.75) is 45.2 Å². The van der Waals surface area contributed by atoms with Crippen molar-refractivity contribution in [1.82, 2.24) is 10.6 Å². The van der Waals surface area contributed by atoms with E-state index in [1.165, 1.54) is 13.8 Å². The molecule has 126 valence electrons. The van der Waals surface area contributed by atoms with Gasteiger partial charge in [0, 0.05) is 11.4 Å². The summed E-state index contributed by atoms with van der Waals surface area (Å²) in [6, 6.07) is 6.71. The van der Waals surface area contributed by atoms with Crippen LogP contribution in [0.1, 0.15) is 45.2 Å². The molecule has 0 fully saturated rings. The standard InChI is InChI=1S/C16H21BrN2O4/c1-4-16(3,15(22)23)19-14(21)9-13(18-10(2)20)11-5-7-12(17)8-6-11/h5-8,13H,4,9H2,1-3H3,(H,18,20)(H,19,21)(H,22,23). The first kappa shape index (κ1) is 19.2. The Balaban J connectivity index is 2.89. The molecule has 3 N–H and O–H groups in total. The molecular weight excluding hydrogens is 364 g/mol. The van der Waals surface area contributed by atoms with Crippen LogP contribution < -0.4 is 10.6 Å². The van der Waals surface area contributed by atoms with E-state index in [0.717, 1.165) is 10.0 Å². The van der Waals surface area contributed by atoms with Gasteiger partial charge in [-0.2, -0.15) is 0 Å². The third kappa shape index (κ3) is 5.67. The maximum absolute atomic E-state index is 12.2. The minimum atomic E-state index is -1.32. The molecule has 23 heavy (non-hydrogen) atoms. The molecule has 1 aromatic carbocycles. The fourth-order valence-corrected chi connectivity index (χ4v) is 2.29. The van der Waals surface area contributed by atoms with Crippen LogP contribution in [0.5, 0.6) is 0 Å². The van der Waals surface area contributed by atoms with Gasteiger partial charge in [0.05, 0.1) is 12.5 Å². The zero-order chi connectivity index (χ0) is 17.6. The number of benzene rings is 1. The predicted octanol–water partition coefficient (Wildman–Crippen LogP) is 2.39. The topological polar surface area (TPSA) is 95.5 Å². The lowest BCUT2D eigenvalue weighted by atomic mass is 9.97. The van der Waals surface area contributed by atoms with Crippen molar-refractivity contribution < 1.29 is 19.5 Å². The first-order valence-corrected chi connectivity index (χ1v) is 8.04. The van der Waals surface area contributed by atoms with Gasteiger partial charge in [-0.05, 0) is 31.0 Å². The van der Waals surface area contributed by atoms with Gasteiger partial charge >= 0.3 is 5.97 Å². The molecule has 0 aliphatic rings. The van der Waals surface area contributed by atoms with Crippen LogP contribution in [0, 0.1) is 0 Å². The Morgan fingerprint density at radius 2 is 1.83 bits per heavy atom. The van der Waals surface area contributed by atoms with Crippen molar-refractivity contribution in [2.75, 3.05) is 0 Å². The van der Waals surface area contributed by atoms with Gasteiger partial charge < -0.3 is 15.7 Å². The highest BCUT2D eigenvalue weighted by molar-refractivity contribution is 9.10. The average Bonchev–Trinajstić information content (AvgIpc) is 2.46. The second-order valence-corrected chi connectivity index (χ2v) is 6.46. The zero-order valence-electron chi connectivity index (χ0n) is 13.4. The van der Waals surface area contributed by atoms with Crippen LogP contribution in [0.2, 0.25) is 0 Å². The molecule has 0 bridgehead atoms. The molecule has 7 heteroatoms. The molecule has 0 aliphatic heterocycles. The summed E-state index contributed by atoms with van der Waals surface area (Å²) in [6.07, 6.45) is 0.223. The maximum Gasteiger partial charge on any atom is 0.329 e. The third-order valence-corrected chi connectivity index (χ3v) is 4.16. The molecule has 0 saturated carbocycles. The van der Waals surface area contributed by atoms with E-state index >= 15 is 0 Å². The molecule has 1 rings (SSSR count). The van der Waals surface area contributed by atoms with Gasteiger partial charge in [-0.25, -0.2) is 4.79 Å². The number of carbonyl (C=O) groups is 3. The van der Waals surface area contributed by atoms with Crippen LogP contribution in [-0.4, -0.2) is 28.4 Å². The Morgan fingerprint density at radius 1 is 1.26 bits per heavy atom. The van der Waals surface area contributed by atoms with Crippen molar-refractivity contribution in [3.05, 3.63) is 34.3 Å². The predicted molar refractivity (Wildman–Crippen MR) is 89.8 cm³/mol. The summed E-state index contributed by atoms with van der Waals surface area (Å²) in [5.74, 6) is -1.78. The van der Waals surface area contributed by atoms with Gasteiger partial charge in [0.25, 0.3) is 0 Å². The van der Waals surface area contributed by atoms with Crippen molar-refractivity contribution in [3.8, 4) is 0 Å². The van der Waals surface area contributed by atoms with Gasteiger partial charge in [-0.3, -0.25) is 9.59 Å². The van der Waals surface area contributed by atoms with Gasteiger partial charge in [-0.15, -0.1) is 0 Å². The van der Waals surface area contributed by atoms with Gasteiger partial charge in [-0.1, -0.05) is 35.0 Å². The second-order valence-electron chi connectivity index (χ2n) is 5.55. The first-order chi connectivity index (χ1) is 10.7. The summed E-state index contributed by atoms with van der Waals surface area (Å²) < 4.78 is 0.886. The molecule has 0 saturated heterocycles. The van der Waals surface area contributed by atoms with E-state index in [9.17, 15) is 19.5 Å². The summed E-state index contributed by atoms with van der Waals surface area (Å²) in [4.78, 5) is 34.9. The number of amides is 2. The molecule has 6 nitrogen and oxygen atoms in total. The van der Waals surface area contributed by atoms with Crippen molar-refractivity contribution in [3.63, 3.8) is 0 Å². The van der Waals surface area contributed by atoms with Crippen LogP contribution >= 0.6 is 15.9 Å². The number of hydrogen-bond donors (Lipinski definition) is 3. The number of hydrogen-bond acceptors (Lipinski definition) is 3. The van der Waals surface area contributed by atoms with Crippen LogP contribution in [0.4, 0.5) is 0 Å². The fraction of sp³-hybridized carbons (Fsp3) is 0.438. The van der Waals surface area contributed by atoms with Crippen LogP contribution in [-0.2, 0) is 14.4 Å². The normalized spacial score (nSPS) is 14.4. The molecule has 2 unspecified atom stereocenters. The number of carboxylic acid groups (broad SMARTS) is 1. The highest BCUT2D eigenvalue weighted by Gasteiger charge is 2.33. The first-order valence-electron chi connectivity index (χ1n) is 7.25. The average molecular weight is 385 g/mol. The van der Waals surface area contributed by atoms with Gasteiger partial charge in [0.2, 0.25) is 11.8 Å². The number of aliphatic carboxylic acids is 1. The molecule has 0 radical (unpaired) electrons. The van der Waals surface area contributed by atoms with Crippen LogP contribution in [0.3, 0.4) is 0 Å². The van der Waals surface area contributed by atoms with E-state index in [1.54, 1.807) is 19.1 Å². The molecule has 1 aromatic rings. The Labute approximate surface area is 143 Å². The smallest absolute Gasteiger partial charge is 0.329 e. The zero-order valence-corrected chi connectivity index (χ0v) is 14.9. The summed E-state index contributed by atoms with van der Waals surface area (Å²) in [5, 5.41) is 14.5. The molecule has 0 aromatic heterocycles. The summed E-state index contributed by atoms with van der Waals surface area (Å²) in [5.41, 5.74) is -0.551. The highest BCUT2D eigenvalue weighted by Crippen LogP contribution is 2.20. The molecule has 2 atom stereocenters. The van der Waals surface area contributed by atoms with Crippen LogP contribution in [0.25, 0.3) is 0 Å². The largest absolute Gasteiger partial charge is 0.480 e. The molecular formula is C16H21BrN2O4. The van der Waals surface area contributed by atoms with E-state index in [1.807, 2.05) is 12.1 Å². The lowest BCUT2D eigenvalue weighted by Gasteiger charge is -2.26. The van der Waals surface area contributed by atoms with Crippen LogP contribution in [0.15, 0.2) is 28.7 Å². The maximum atomic E-state index is 12.2. The Kier molecular flexibility index (Phi) is 6.75. The minimum Gasteiger partial charge on any atom is -0.480 e. The second kappa shape index (κ2) is 8.10. The summed E-state index contributed by atoms with van der Waals surface area (Å²) in [6.45, 7) is 4.52. The Morgan fingerprint density at radius 3 is 2.26 bits per heavy atom. The quantitative estimate of drug-likeness (QED) is 0.672. The molecule has 0 heterocycles. The molecule has 0 aliphatic carbocycles. The summed E-state index contributed by atoms with van der Waals surface area (Å²) >= 11 is 3.33. The van der Waals surface area contributed by atoms with E-state index in [2.05, 4.69) is 26.6 Å². The Hall–Kier alpha value is -1.89. The van der Waals surface area contributed by atoms with Gasteiger partial charge in [0.15, 0.2) is 0 Å². The molecule has 0 spiro atoms. The van der Waals surface area contributed by atoms with E-state index in [4.69, 9.17) is 0 Å². The number of carboxylic acids is 1. The highest BCUT2D eigenvalue weighted by atomic mass is 79.9. The van der Waals surface area contributed by atoms with E-state index in [-0.39, 0.29) is 18.7 Å². The number of rotatable bonds is 7.